The zero-order chi connectivity index (χ0) is 14.0. The van der Waals surface area contributed by atoms with E-state index in [2.05, 4.69) is 4.74 Å². The minimum Gasteiger partial charge on any atom is -0.458 e. The maximum absolute atomic E-state index is 12.6. The van der Waals surface area contributed by atoms with Crippen molar-refractivity contribution in [2.24, 2.45) is 0 Å². The number of halogens is 6. The third-order valence-electron chi connectivity index (χ3n) is 1.82. The summed E-state index contributed by atoms with van der Waals surface area (Å²) >= 11 is 16.0. The van der Waals surface area contributed by atoms with Crippen LogP contribution in [0.5, 0.6) is 0 Å². The van der Waals surface area contributed by atoms with E-state index in [1.54, 1.807) is 0 Å². The van der Waals surface area contributed by atoms with Gasteiger partial charge < -0.3 is 4.74 Å². The van der Waals surface area contributed by atoms with Crippen LogP contribution in [-0.2, 0) is 10.9 Å². The molecule has 0 atom stereocenters. The zero-order valence-electron chi connectivity index (χ0n) is 8.60. The van der Waals surface area contributed by atoms with Gasteiger partial charge in [-0.2, -0.15) is 13.2 Å². The number of esters is 1. The number of hydrogen-bond donors (Lipinski definition) is 0. The molecule has 0 heterocycles. The van der Waals surface area contributed by atoms with E-state index in [4.69, 9.17) is 34.8 Å². The molecule has 1 aromatic carbocycles. The maximum atomic E-state index is 12.6. The largest absolute Gasteiger partial charge is 0.458 e. The minimum absolute atomic E-state index is 0.626. The monoisotopic (exact) mass is 320 g/mol. The van der Waals surface area contributed by atoms with Crippen LogP contribution >= 0.6 is 34.8 Å². The van der Waals surface area contributed by atoms with Gasteiger partial charge in [-0.25, -0.2) is 4.79 Å². The third-order valence-corrected chi connectivity index (χ3v) is 2.15. The summed E-state index contributed by atoms with van der Waals surface area (Å²) in [6, 6.07) is 4.20. The highest BCUT2D eigenvalue weighted by Gasteiger charge is 2.35. The van der Waals surface area contributed by atoms with Crippen molar-refractivity contribution in [1.29, 1.82) is 0 Å². The van der Waals surface area contributed by atoms with Crippen LogP contribution in [0.2, 0.25) is 0 Å². The highest BCUT2D eigenvalue weighted by atomic mass is 35.6. The van der Waals surface area contributed by atoms with Crippen LogP contribution in [0.15, 0.2) is 24.3 Å². The number of ether oxygens (including phenoxy) is 1. The SMILES string of the molecule is O=C(OCC(Cl)(Cl)Cl)c1ccccc1C(F)(F)F. The fraction of sp³-hybridized carbons (Fsp3) is 0.300. The number of hydrogen-bond acceptors (Lipinski definition) is 2. The molecule has 0 spiro atoms. The Balaban J connectivity index is 2.93. The van der Waals surface area contributed by atoms with Crippen LogP contribution < -0.4 is 0 Å². The summed E-state index contributed by atoms with van der Waals surface area (Å²) in [5.41, 5.74) is -1.72. The van der Waals surface area contributed by atoms with Crippen molar-refractivity contribution in [3.63, 3.8) is 0 Å². The lowest BCUT2D eigenvalue weighted by Gasteiger charge is -2.14. The van der Waals surface area contributed by atoms with E-state index in [9.17, 15) is 18.0 Å². The summed E-state index contributed by atoms with van der Waals surface area (Å²) < 4.78 is 40.4. The second-order valence-electron chi connectivity index (χ2n) is 3.23. The van der Waals surface area contributed by atoms with Gasteiger partial charge in [-0.05, 0) is 12.1 Å². The first-order chi connectivity index (χ1) is 8.11. The Morgan fingerprint density at radius 3 is 2.22 bits per heavy atom. The summed E-state index contributed by atoms with van der Waals surface area (Å²) in [7, 11) is 0. The Morgan fingerprint density at radius 1 is 1.17 bits per heavy atom. The predicted octanol–water partition coefficient (Wildman–Crippen LogP) is 4.23. The molecular weight excluding hydrogens is 315 g/mol. The van der Waals surface area contributed by atoms with Gasteiger partial charge in [-0.15, -0.1) is 0 Å². The second kappa shape index (κ2) is 5.55. The zero-order valence-corrected chi connectivity index (χ0v) is 10.9. The molecule has 0 aromatic heterocycles. The molecule has 0 aliphatic heterocycles. The van der Waals surface area contributed by atoms with Gasteiger partial charge in [-0.3, -0.25) is 0 Å². The van der Waals surface area contributed by atoms with Crippen molar-refractivity contribution in [2.75, 3.05) is 6.61 Å². The number of carbonyl (C=O) groups is 1. The summed E-state index contributed by atoms with van der Waals surface area (Å²) in [5.74, 6) is -1.20. The molecule has 0 bridgehead atoms. The molecule has 0 unspecified atom stereocenters. The van der Waals surface area contributed by atoms with E-state index in [0.717, 1.165) is 18.2 Å². The van der Waals surface area contributed by atoms with Gasteiger partial charge in [0.25, 0.3) is 0 Å². The third kappa shape index (κ3) is 4.55. The lowest BCUT2D eigenvalue weighted by Crippen LogP contribution is -2.20. The predicted molar refractivity (Wildman–Crippen MR) is 62.0 cm³/mol. The quantitative estimate of drug-likeness (QED) is 0.602. The van der Waals surface area contributed by atoms with Crippen LogP contribution in [0, 0.1) is 0 Å². The van der Waals surface area contributed by atoms with Crippen molar-refractivity contribution >= 4 is 40.8 Å². The van der Waals surface area contributed by atoms with Gasteiger partial charge in [0.15, 0.2) is 0 Å². The average molecular weight is 322 g/mol. The van der Waals surface area contributed by atoms with Crippen molar-refractivity contribution < 1.29 is 22.7 Å². The molecule has 0 N–H and O–H groups in total. The van der Waals surface area contributed by atoms with Gasteiger partial charge in [0.2, 0.25) is 3.79 Å². The van der Waals surface area contributed by atoms with Crippen molar-refractivity contribution in [2.45, 2.75) is 9.97 Å². The van der Waals surface area contributed by atoms with Crippen molar-refractivity contribution in [1.82, 2.24) is 0 Å². The van der Waals surface area contributed by atoms with Crippen molar-refractivity contribution in [3.05, 3.63) is 35.4 Å². The Labute approximate surface area is 116 Å². The van der Waals surface area contributed by atoms with Crippen LogP contribution in [0.3, 0.4) is 0 Å². The average Bonchev–Trinajstić information content (AvgIpc) is 2.24. The standard InChI is InChI=1S/C10H6Cl3F3O2/c11-9(12,13)5-18-8(17)6-3-1-2-4-7(6)10(14,15)16/h1-4H,5H2. The fourth-order valence-corrected chi connectivity index (χ4v) is 1.30. The molecular formula is C10H6Cl3F3O2. The van der Waals surface area contributed by atoms with Gasteiger partial charge in [-0.1, -0.05) is 46.9 Å². The topological polar surface area (TPSA) is 26.3 Å². The molecule has 18 heavy (non-hydrogen) atoms. The highest BCUT2D eigenvalue weighted by Crippen LogP contribution is 2.32. The molecule has 0 amide bonds. The van der Waals surface area contributed by atoms with Gasteiger partial charge >= 0.3 is 12.1 Å². The molecule has 0 aliphatic carbocycles. The molecule has 1 rings (SSSR count). The molecule has 0 radical (unpaired) electrons. The number of carbonyl (C=O) groups excluding carboxylic acids is 1. The Kier molecular flexibility index (Phi) is 4.75. The van der Waals surface area contributed by atoms with E-state index >= 15 is 0 Å². The molecule has 0 fully saturated rings. The number of alkyl halides is 6. The number of benzene rings is 1. The first kappa shape index (κ1) is 15.4. The molecule has 0 saturated heterocycles. The molecule has 0 saturated carbocycles. The van der Waals surface area contributed by atoms with Crippen molar-refractivity contribution in [3.8, 4) is 0 Å². The Hall–Kier alpha value is -0.650. The molecule has 8 heteroatoms. The van der Waals surface area contributed by atoms with E-state index < -0.39 is 33.7 Å². The highest BCUT2D eigenvalue weighted by molar-refractivity contribution is 6.67. The Morgan fingerprint density at radius 2 is 1.72 bits per heavy atom. The normalized spacial score (nSPS) is 12.3. The fourth-order valence-electron chi connectivity index (χ4n) is 1.13. The maximum Gasteiger partial charge on any atom is 0.417 e. The second-order valence-corrected chi connectivity index (χ2v) is 5.75. The van der Waals surface area contributed by atoms with E-state index in [1.165, 1.54) is 6.07 Å². The number of rotatable bonds is 2. The molecule has 2 nitrogen and oxygen atoms in total. The first-order valence-electron chi connectivity index (χ1n) is 4.51. The minimum atomic E-state index is -4.66. The molecule has 100 valence electrons. The summed E-state index contributed by atoms with van der Waals surface area (Å²) in [5, 5.41) is 0. The smallest absolute Gasteiger partial charge is 0.417 e. The van der Waals surface area contributed by atoms with E-state index in [0.29, 0.717) is 0 Å². The van der Waals surface area contributed by atoms with Gasteiger partial charge in [0.05, 0.1) is 11.1 Å². The lowest BCUT2D eigenvalue weighted by molar-refractivity contribution is -0.138. The van der Waals surface area contributed by atoms with Gasteiger partial charge in [0, 0.05) is 0 Å². The van der Waals surface area contributed by atoms with Crippen LogP contribution in [0.1, 0.15) is 15.9 Å². The molecule has 1 aromatic rings. The summed E-state index contributed by atoms with van der Waals surface area (Å²) in [6.07, 6.45) is -4.66. The van der Waals surface area contributed by atoms with Crippen LogP contribution in [0.4, 0.5) is 13.2 Å². The summed E-state index contributed by atoms with van der Waals surface area (Å²) in [4.78, 5) is 11.5. The summed E-state index contributed by atoms with van der Waals surface area (Å²) in [6.45, 7) is -0.636. The van der Waals surface area contributed by atoms with E-state index in [1.807, 2.05) is 0 Å². The lowest BCUT2D eigenvalue weighted by atomic mass is 10.1. The molecule has 0 aliphatic rings. The van der Waals surface area contributed by atoms with Crippen LogP contribution in [-0.4, -0.2) is 16.4 Å². The Bertz CT molecular complexity index is 441. The first-order valence-corrected chi connectivity index (χ1v) is 5.65. The van der Waals surface area contributed by atoms with Crippen LogP contribution in [0.25, 0.3) is 0 Å². The van der Waals surface area contributed by atoms with E-state index in [-0.39, 0.29) is 0 Å². The van der Waals surface area contributed by atoms with Gasteiger partial charge in [0.1, 0.15) is 6.61 Å².